The number of nitrogens with one attached hydrogen (secondary N) is 2. The van der Waals surface area contributed by atoms with Gasteiger partial charge in [-0.05, 0) is 49.3 Å². The summed E-state index contributed by atoms with van der Waals surface area (Å²) in [6.45, 7) is 0. The van der Waals surface area contributed by atoms with Crippen molar-refractivity contribution >= 4 is 23.1 Å². The van der Waals surface area contributed by atoms with Crippen molar-refractivity contribution in [2.24, 2.45) is 0 Å². The molecular formula is C24H23N5O4S. The number of aromatic nitrogens is 4. The van der Waals surface area contributed by atoms with Gasteiger partial charge in [-0.15, -0.1) is 11.3 Å². The molecule has 0 unspecified atom stereocenters. The topological polar surface area (TPSA) is 111 Å². The monoisotopic (exact) mass is 477 g/mol. The van der Waals surface area contributed by atoms with Gasteiger partial charge in [-0.25, -0.2) is 4.98 Å². The number of H-pyrrole nitrogens is 1. The first kappa shape index (κ1) is 21.9. The highest BCUT2D eigenvalue weighted by molar-refractivity contribution is 7.13. The molecule has 1 aromatic carbocycles. The molecule has 9 nitrogen and oxygen atoms in total. The van der Waals surface area contributed by atoms with E-state index in [1.807, 2.05) is 17.5 Å². The number of nitrogens with zero attached hydrogens (tertiary/aromatic N) is 3. The van der Waals surface area contributed by atoms with Gasteiger partial charge in [0.1, 0.15) is 23.0 Å². The number of methoxy groups -OCH3 is 2. The number of amides is 1. The van der Waals surface area contributed by atoms with Crippen molar-refractivity contribution in [2.75, 3.05) is 19.5 Å². The second-order valence-corrected chi connectivity index (χ2v) is 8.79. The molecule has 2 N–H and O–H groups in total. The number of thiophene rings is 1. The van der Waals surface area contributed by atoms with Gasteiger partial charge in [-0.1, -0.05) is 6.07 Å². The Balaban J connectivity index is 1.57. The molecule has 0 saturated heterocycles. The molecule has 0 bridgehead atoms. The Kier molecular flexibility index (Phi) is 5.89. The van der Waals surface area contributed by atoms with E-state index in [2.05, 4.69) is 15.4 Å². The van der Waals surface area contributed by atoms with Crippen LogP contribution in [0.15, 0.2) is 46.6 Å². The minimum absolute atomic E-state index is 0.165. The van der Waals surface area contributed by atoms with E-state index in [0.29, 0.717) is 28.6 Å². The predicted molar refractivity (Wildman–Crippen MR) is 129 cm³/mol. The maximum atomic E-state index is 13.2. The van der Waals surface area contributed by atoms with Crippen LogP contribution in [-0.2, 0) is 12.8 Å². The first-order chi connectivity index (χ1) is 16.6. The lowest BCUT2D eigenvalue weighted by molar-refractivity contribution is 0.102. The van der Waals surface area contributed by atoms with Gasteiger partial charge in [-0.3, -0.25) is 14.6 Å². The zero-order valence-electron chi connectivity index (χ0n) is 18.8. The van der Waals surface area contributed by atoms with Gasteiger partial charge in [0.2, 0.25) is 5.95 Å². The summed E-state index contributed by atoms with van der Waals surface area (Å²) >= 11 is 1.53. The summed E-state index contributed by atoms with van der Waals surface area (Å²) in [4.78, 5) is 34.4. The van der Waals surface area contributed by atoms with Crippen LogP contribution in [-0.4, -0.2) is 39.9 Å². The quantitative estimate of drug-likeness (QED) is 0.437. The standard InChI is InChI=1S/C24H23N5O4S/c1-32-14-9-10-16(19(12-14)33-2)23(31)26-21-13-18(20-8-5-11-34-20)28-29(21)24-25-17-7-4-3-6-15(17)22(30)27-24/h5,8-13H,3-4,6-7H2,1-2H3,(H,26,31)(H,25,27,30). The van der Waals surface area contributed by atoms with E-state index < -0.39 is 5.91 Å². The summed E-state index contributed by atoms with van der Waals surface area (Å²) in [5.41, 5.74) is 2.34. The minimum atomic E-state index is -0.390. The van der Waals surface area contributed by atoms with Gasteiger partial charge in [-0.2, -0.15) is 9.78 Å². The number of fused-ring (bicyclic) bond motifs is 1. The Bertz CT molecular complexity index is 1410. The Morgan fingerprint density at radius 1 is 1.15 bits per heavy atom. The van der Waals surface area contributed by atoms with Gasteiger partial charge in [0, 0.05) is 17.7 Å². The number of ether oxygens (including phenoxy) is 2. The average molecular weight is 478 g/mol. The number of carbonyl (C=O) groups excluding carboxylic acids is 1. The SMILES string of the molecule is COc1ccc(C(=O)Nc2cc(-c3cccs3)nn2-c2nc3c(c(=O)[nH]2)CCCC3)c(OC)c1. The third-order valence-electron chi connectivity index (χ3n) is 5.76. The number of aromatic amines is 1. The van der Waals surface area contributed by atoms with E-state index in [4.69, 9.17) is 14.5 Å². The summed E-state index contributed by atoms with van der Waals surface area (Å²) in [7, 11) is 3.04. The molecule has 10 heteroatoms. The minimum Gasteiger partial charge on any atom is -0.497 e. The average Bonchev–Trinajstić information content (AvgIpc) is 3.54. The van der Waals surface area contributed by atoms with E-state index in [9.17, 15) is 9.59 Å². The molecule has 0 spiro atoms. The van der Waals surface area contributed by atoms with E-state index in [0.717, 1.165) is 41.8 Å². The highest BCUT2D eigenvalue weighted by Gasteiger charge is 2.21. The second-order valence-electron chi connectivity index (χ2n) is 7.85. The van der Waals surface area contributed by atoms with Crippen LogP contribution in [0.25, 0.3) is 16.5 Å². The summed E-state index contributed by atoms with van der Waals surface area (Å²) in [5.74, 6) is 1.21. The number of hydrogen-bond donors (Lipinski definition) is 2. The van der Waals surface area contributed by atoms with E-state index in [1.165, 1.54) is 23.1 Å². The highest BCUT2D eigenvalue weighted by Crippen LogP contribution is 2.29. The molecule has 3 aromatic heterocycles. The maximum absolute atomic E-state index is 13.2. The third-order valence-corrected chi connectivity index (χ3v) is 6.65. The van der Waals surface area contributed by atoms with Gasteiger partial charge in [0.25, 0.3) is 11.5 Å². The highest BCUT2D eigenvalue weighted by atomic mass is 32.1. The maximum Gasteiger partial charge on any atom is 0.260 e. The Hall–Kier alpha value is -3.92. The first-order valence-electron chi connectivity index (χ1n) is 10.9. The summed E-state index contributed by atoms with van der Waals surface area (Å²) in [6.07, 6.45) is 3.43. The van der Waals surface area contributed by atoms with Gasteiger partial charge in [0.15, 0.2) is 0 Å². The molecule has 34 heavy (non-hydrogen) atoms. The zero-order chi connectivity index (χ0) is 23.7. The second kappa shape index (κ2) is 9.14. The lowest BCUT2D eigenvalue weighted by Crippen LogP contribution is -2.24. The number of benzene rings is 1. The molecule has 4 aromatic rings. The van der Waals surface area contributed by atoms with Crippen molar-refractivity contribution in [3.8, 4) is 28.0 Å². The molecule has 3 heterocycles. The summed E-state index contributed by atoms with van der Waals surface area (Å²) in [6, 6.07) is 10.6. The number of hydrogen-bond acceptors (Lipinski definition) is 7. The van der Waals surface area contributed by atoms with Crippen molar-refractivity contribution in [2.45, 2.75) is 25.7 Å². The van der Waals surface area contributed by atoms with Crippen LogP contribution in [0, 0.1) is 0 Å². The fraction of sp³-hybridized carbons (Fsp3) is 0.250. The zero-order valence-corrected chi connectivity index (χ0v) is 19.6. The van der Waals surface area contributed by atoms with Crippen LogP contribution >= 0.6 is 11.3 Å². The van der Waals surface area contributed by atoms with Gasteiger partial charge >= 0.3 is 0 Å². The lowest BCUT2D eigenvalue weighted by atomic mass is 9.97. The van der Waals surface area contributed by atoms with E-state index in [-0.39, 0.29) is 11.5 Å². The first-order valence-corrected chi connectivity index (χ1v) is 11.7. The molecule has 1 amide bonds. The number of anilines is 1. The van der Waals surface area contributed by atoms with Crippen molar-refractivity contribution in [1.82, 2.24) is 19.7 Å². The molecule has 0 radical (unpaired) electrons. The van der Waals surface area contributed by atoms with Crippen molar-refractivity contribution in [3.63, 3.8) is 0 Å². The number of aryl methyl sites for hydroxylation is 1. The van der Waals surface area contributed by atoms with E-state index in [1.54, 1.807) is 31.4 Å². The summed E-state index contributed by atoms with van der Waals surface area (Å²) < 4.78 is 12.1. The van der Waals surface area contributed by atoms with Crippen LogP contribution < -0.4 is 20.3 Å². The number of carbonyl (C=O) groups is 1. The molecule has 0 fully saturated rings. The van der Waals surface area contributed by atoms with Crippen LogP contribution in [0.4, 0.5) is 5.82 Å². The molecule has 0 atom stereocenters. The van der Waals surface area contributed by atoms with Crippen LogP contribution in [0.2, 0.25) is 0 Å². The third kappa shape index (κ3) is 4.08. The van der Waals surface area contributed by atoms with Crippen LogP contribution in [0.5, 0.6) is 11.5 Å². The molecule has 174 valence electrons. The Morgan fingerprint density at radius 2 is 2.00 bits per heavy atom. The molecule has 1 aliphatic rings. The summed E-state index contributed by atoms with van der Waals surface area (Å²) in [5, 5.41) is 9.51. The largest absolute Gasteiger partial charge is 0.497 e. The molecule has 0 saturated carbocycles. The van der Waals surface area contributed by atoms with Crippen molar-refractivity contribution < 1.29 is 14.3 Å². The van der Waals surface area contributed by atoms with Crippen LogP contribution in [0.1, 0.15) is 34.5 Å². The molecular weight excluding hydrogens is 454 g/mol. The molecule has 0 aliphatic heterocycles. The Morgan fingerprint density at radius 3 is 2.76 bits per heavy atom. The predicted octanol–water partition coefficient (Wildman–Crippen LogP) is 3.83. The van der Waals surface area contributed by atoms with Crippen LogP contribution in [0.3, 0.4) is 0 Å². The number of rotatable bonds is 6. The van der Waals surface area contributed by atoms with Crippen molar-refractivity contribution in [1.29, 1.82) is 0 Å². The molecule has 1 aliphatic carbocycles. The van der Waals surface area contributed by atoms with Crippen molar-refractivity contribution in [3.05, 3.63) is 69.0 Å². The smallest absolute Gasteiger partial charge is 0.260 e. The van der Waals surface area contributed by atoms with Gasteiger partial charge in [0.05, 0.1) is 30.4 Å². The molecule has 5 rings (SSSR count). The lowest BCUT2D eigenvalue weighted by Gasteiger charge is -2.15. The van der Waals surface area contributed by atoms with Gasteiger partial charge < -0.3 is 14.8 Å². The van der Waals surface area contributed by atoms with E-state index >= 15 is 0 Å². The Labute approximate surface area is 199 Å². The fourth-order valence-electron chi connectivity index (χ4n) is 4.04. The normalized spacial score (nSPS) is 12.8. The fourth-order valence-corrected chi connectivity index (χ4v) is 4.72.